The van der Waals surface area contributed by atoms with Crippen molar-refractivity contribution in [2.24, 2.45) is 5.73 Å². The highest BCUT2D eigenvalue weighted by Gasteiger charge is 2.20. The molecule has 0 unspecified atom stereocenters. The highest BCUT2D eigenvalue weighted by atomic mass is 32.2. The number of imidazole rings is 1. The lowest BCUT2D eigenvalue weighted by atomic mass is 10.2. The van der Waals surface area contributed by atoms with Crippen LogP contribution in [0.2, 0.25) is 0 Å². The molecule has 3 aromatic carbocycles. The van der Waals surface area contributed by atoms with Gasteiger partial charge in [-0.1, -0.05) is 18.2 Å². The first-order chi connectivity index (χ1) is 18.8. The molecule has 2 heterocycles. The first kappa shape index (κ1) is 25.5. The van der Waals surface area contributed by atoms with Crippen molar-refractivity contribution in [3.05, 3.63) is 84.9 Å². The van der Waals surface area contributed by atoms with E-state index in [1.165, 1.54) is 43.4 Å². The van der Waals surface area contributed by atoms with Gasteiger partial charge in [-0.3, -0.25) is 9.52 Å². The predicted octanol–water partition coefficient (Wildman–Crippen LogP) is 3.48. The van der Waals surface area contributed by atoms with Crippen molar-refractivity contribution < 1.29 is 22.7 Å². The number of para-hydroxylation sites is 2. The summed E-state index contributed by atoms with van der Waals surface area (Å²) >= 11 is 0. The minimum Gasteiger partial charge on any atom is -0.497 e. The number of hydrogen-bond acceptors (Lipinski definition) is 9. The van der Waals surface area contributed by atoms with Crippen LogP contribution in [0.1, 0.15) is 10.5 Å². The van der Waals surface area contributed by atoms with E-state index in [2.05, 4.69) is 25.0 Å². The molecule has 0 atom stereocenters. The van der Waals surface area contributed by atoms with Crippen LogP contribution in [0.3, 0.4) is 0 Å². The van der Waals surface area contributed by atoms with E-state index in [1.54, 1.807) is 48.5 Å². The second-order valence-corrected chi connectivity index (χ2v) is 9.95. The zero-order valence-corrected chi connectivity index (χ0v) is 21.6. The van der Waals surface area contributed by atoms with Crippen LogP contribution in [-0.2, 0) is 10.0 Å². The standard InChI is InChI=1S/C26H23N7O5S/c1-37-18-10-16(11-19(13-18)38-2)29-25-26(31-22-9-4-3-8-21(22)30-25)32-39(35,36)20-7-5-6-17(12-20)33-14-23(24(27)34)28-15-33/h3-15H,1-2H3,(H2,27,34)(H,29,30)(H,31,32). The summed E-state index contributed by atoms with van der Waals surface area (Å²) in [6, 6.07) is 18.3. The number of amides is 1. The molecule has 0 spiro atoms. The molecule has 5 aromatic rings. The fourth-order valence-electron chi connectivity index (χ4n) is 3.76. The normalized spacial score (nSPS) is 11.2. The highest BCUT2D eigenvalue weighted by molar-refractivity contribution is 7.92. The van der Waals surface area contributed by atoms with Gasteiger partial charge in [0.05, 0.1) is 30.1 Å². The summed E-state index contributed by atoms with van der Waals surface area (Å²) in [6.45, 7) is 0. The number of nitrogens with zero attached hydrogens (tertiary/aromatic N) is 4. The van der Waals surface area contributed by atoms with Gasteiger partial charge in [-0.2, -0.15) is 0 Å². The lowest BCUT2D eigenvalue weighted by molar-refractivity contribution is 0.0996. The average molecular weight is 546 g/mol. The van der Waals surface area contributed by atoms with E-state index in [0.717, 1.165) is 0 Å². The summed E-state index contributed by atoms with van der Waals surface area (Å²) in [7, 11) is -1.07. The summed E-state index contributed by atoms with van der Waals surface area (Å²) in [5, 5.41) is 3.12. The van der Waals surface area contributed by atoms with E-state index >= 15 is 0 Å². The van der Waals surface area contributed by atoms with Gasteiger partial charge in [0.25, 0.3) is 15.9 Å². The molecule has 198 valence electrons. The molecule has 0 aliphatic carbocycles. The zero-order valence-electron chi connectivity index (χ0n) is 20.8. The summed E-state index contributed by atoms with van der Waals surface area (Å²) < 4.78 is 41.7. The third kappa shape index (κ3) is 5.43. The number of ether oxygens (including phenoxy) is 2. The molecule has 0 aliphatic rings. The Bertz CT molecular complexity index is 1780. The molecule has 0 bridgehead atoms. The number of sulfonamides is 1. The number of primary amides is 1. The number of hydrogen-bond donors (Lipinski definition) is 3. The van der Waals surface area contributed by atoms with Crippen LogP contribution < -0.4 is 25.2 Å². The Morgan fingerprint density at radius 1 is 0.897 bits per heavy atom. The number of benzene rings is 3. The highest BCUT2D eigenvalue weighted by Crippen LogP contribution is 2.31. The number of rotatable bonds is 9. The fraction of sp³-hybridized carbons (Fsp3) is 0.0769. The number of nitrogens with one attached hydrogen (secondary N) is 2. The van der Waals surface area contributed by atoms with Crippen LogP contribution in [0, 0.1) is 0 Å². The number of carbonyl (C=O) groups excluding carboxylic acids is 1. The number of anilines is 3. The Labute approximate surface area is 223 Å². The average Bonchev–Trinajstić information content (AvgIpc) is 3.44. The molecule has 1 amide bonds. The lowest BCUT2D eigenvalue weighted by Gasteiger charge is -2.15. The zero-order chi connectivity index (χ0) is 27.6. The second-order valence-electron chi connectivity index (χ2n) is 8.27. The minimum atomic E-state index is -4.13. The van der Waals surface area contributed by atoms with Gasteiger partial charge in [0.2, 0.25) is 0 Å². The van der Waals surface area contributed by atoms with Crippen LogP contribution in [-0.4, -0.2) is 48.1 Å². The molecule has 12 nitrogen and oxygen atoms in total. The van der Waals surface area contributed by atoms with E-state index in [-0.39, 0.29) is 22.2 Å². The van der Waals surface area contributed by atoms with Crippen molar-refractivity contribution in [3.8, 4) is 17.2 Å². The molecule has 0 radical (unpaired) electrons. The molecule has 0 fully saturated rings. The van der Waals surface area contributed by atoms with E-state index in [1.807, 2.05) is 6.07 Å². The second kappa shape index (κ2) is 10.3. The van der Waals surface area contributed by atoms with Crippen molar-refractivity contribution in [2.45, 2.75) is 4.90 Å². The number of nitrogens with two attached hydrogens (primary N) is 1. The summed E-state index contributed by atoms with van der Waals surface area (Å²) in [6.07, 6.45) is 2.79. The van der Waals surface area contributed by atoms with Gasteiger partial charge < -0.3 is 25.1 Å². The number of aromatic nitrogens is 4. The van der Waals surface area contributed by atoms with Crippen molar-refractivity contribution in [2.75, 3.05) is 24.3 Å². The Kier molecular flexibility index (Phi) is 6.73. The SMILES string of the molecule is COc1cc(Nc2nc3ccccc3nc2NS(=O)(=O)c2cccc(-n3cnc(C(N)=O)c3)c2)cc(OC)c1. The summed E-state index contributed by atoms with van der Waals surface area (Å²) in [4.78, 5) is 24.4. The molecule has 0 saturated heterocycles. The van der Waals surface area contributed by atoms with Gasteiger partial charge in [-0.15, -0.1) is 0 Å². The maximum Gasteiger partial charge on any atom is 0.268 e. The largest absolute Gasteiger partial charge is 0.497 e. The Balaban J connectivity index is 1.53. The van der Waals surface area contributed by atoms with E-state index in [9.17, 15) is 13.2 Å². The topological polar surface area (TPSA) is 163 Å². The van der Waals surface area contributed by atoms with Crippen molar-refractivity contribution in [3.63, 3.8) is 0 Å². The quantitative estimate of drug-likeness (QED) is 0.252. The van der Waals surface area contributed by atoms with Gasteiger partial charge in [0, 0.05) is 35.8 Å². The van der Waals surface area contributed by atoms with Gasteiger partial charge in [-0.05, 0) is 30.3 Å². The first-order valence-corrected chi connectivity index (χ1v) is 13.0. The van der Waals surface area contributed by atoms with E-state index < -0.39 is 15.9 Å². The third-order valence-corrected chi connectivity index (χ3v) is 7.01. The lowest BCUT2D eigenvalue weighted by Crippen LogP contribution is -2.16. The Hall–Kier alpha value is -5.17. The number of carbonyl (C=O) groups is 1. The van der Waals surface area contributed by atoms with Gasteiger partial charge in [-0.25, -0.2) is 23.4 Å². The molecule has 5 rings (SSSR count). The molecule has 39 heavy (non-hydrogen) atoms. The maximum atomic E-state index is 13.5. The monoisotopic (exact) mass is 545 g/mol. The van der Waals surface area contributed by atoms with Gasteiger partial charge in [0.15, 0.2) is 11.6 Å². The van der Waals surface area contributed by atoms with Crippen LogP contribution in [0.15, 0.2) is 84.1 Å². The van der Waals surface area contributed by atoms with Crippen molar-refractivity contribution >= 4 is 44.3 Å². The minimum absolute atomic E-state index is 0.0143. The maximum absolute atomic E-state index is 13.5. The Morgan fingerprint density at radius 2 is 1.56 bits per heavy atom. The smallest absolute Gasteiger partial charge is 0.268 e. The molecule has 0 aliphatic heterocycles. The van der Waals surface area contributed by atoms with Crippen LogP contribution in [0.5, 0.6) is 11.5 Å². The first-order valence-electron chi connectivity index (χ1n) is 11.5. The van der Waals surface area contributed by atoms with E-state index in [0.29, 0.717) is 33.9 Å². The summed E-state index contributed by atoms with van der Waals surface area (Å²) in [5.41, 5.74) is 7.39. The molecule has 4 N–H and O–H groups in total. The molecular weight excluding hydrogens is 522 g/mol. The van der Waals surface area contributed by atoms with Crippen LogP contribution >= 0.6 is 0 Å². The fourth-order valence-corrected chi connectivity index (χ4v) is 4.81. The van der Waals surface area contributed by atoms with Crippen molar-refractivity contribution in [1.82, 2.24) is 19.5 Å². The van der Waals surface area contributed by atoms with Crippen LogP contribution in [0.25, 0.3) is 16.7 Å². The van der Waals surface area contributed by atoms with Gasteiger partial charge in [0.1, 0.15) is 23.5 Å². The predicted molar refractivity (Wildman–Crippen MR) is 145 cm³/mol. The Morgan fingerprint density at radius 3 is 2.18 bits per heavy atom. The molecule has 13 heteroatoms. The molecule has 2 aromatic heterocycles. The molecular formula is C26H23N7O5S. The van der Waals surface area contributed by atoms with E-state index in [4.69, 9.17) is 15.2 Å². The summed E-state index contributed by atoms with van der Waals surface area (Å²) in [5.74, 6) is 0.527. The van der Waals surface area contributed by atoms with Crippen molar-refractivity contribution in [1.29, 1.82) is 0 Å². The molecule has 0 saturated carbocycles. The number of fused-ring (bicyclic) bond motifs is 1. The number of methoxy groups -OCH3 is 2. The van der Waals surface area contributed by atoms with Gasteiger partial charge >= 0.3 is 0 Å². The van der Waals surface area contributed by atoms with Crippen LogP contribution in [0.4, 0.5) is 17.3 Å². The third-order valence-electron chi connectivity index (χ3n) is 5.68.